The fraction of sp³-hybridized carbons (Fsp3) is 0.562. The van der Waals surface area contributed by atoms with Crippen LogP contribution >= 0.6 is 0 Å². The van der Waals surface area contributed by atoms with Crippen molar-refractivity contribution in [2.45, 2.75) is 46.1 Å². The van der Waals surface area contributed by atoms with Crippen LogP contribution in [0.2, 0.25) is 0 Å². The highest BCUT2D eigenvalue weighted by Gasteiger charge is 2.15. The van der Waals surface area contributed by atoms with Crippen LogP contribution in [0, 0.1) is 0 Å². The van der Waals surface area contributed by atoms with Crippen molar-refractivity contribution in [2.75, 3.05) is 13.2 Å². The fourth-order valence-corrected chi connectivity index (χ4v) is 1.72. The number of para-hydroxylation sites is 1. The van der Waals surface area contributed by atoms with Crippen LogP contribution in [0.25, 0.3) is 0 Å². The highest BCUT2D eigenvalue weighted by molar-refractivity contribution is 5.67. The summed E-state index contributed by atoms with van der Waals surface area (Å²) in [6.07, 6.45) is -0.418. The Morgan fingerprint density at radius 3 is 2.50 bits per heavy atom. The molecular formula is C16H25NO3. The molecule has 20 heavy (non-hydrogen) atoms. The van der Waals surface area contributed by atoms with E-state index in [1.165, 1.54) is 5.56 Å². The second kappa shape index (κ2) is 7.17. The van der Waals surface area contributed by atoms with Crippen LogP contribution in [0.5, 0.6) is 5.75 Å². The van der Waals surface area contributed by atoms with Gasteiger partial charge in [0, 0.05) is 0 Å². The predicted molar refractivity (Wildman–Crippen MR) is 80.3 cm³/mol. The lowest BCUT2D eigenvalue weighted by Gasteiger charge is -2.20. The number of nitrogens with one attached hydrogen (secondary N) is 1. The van der Waals surface area contributed by atoms with Crippen LogP contribution in [-0.4, -0.2) is 24.8 Å². The monoisotopic (exact) mass is 279 g/mol. The molecule has 112 valence electrons. The van der Waals surface area contributed by atoms with Crippen LogP contribution < -0.4 is 10.1 Å². The lowest BCUT2D eigenvalue weighted by Crippen LogP contribution is -2.34. The molecule has 0 saturated carbocycles. The Bertz CT molecular complexity index is 436. The first-order chi connectivity index (χ1) is 9.29. The molecule has 0 spiro atoms. The number of ether oxygens (including phenoxy) is 2. The smallest absolute Gasteiger partial charge is 0.407 e. The Morgan fingerprint density at radius 1 is 1.25 bits per heavy atom. The van der Waals surface area contributed by atoms with Gasteiger partial charge in [0.2, 0.25) is 0 Å². The zero-order valence-electron chi connectivity index (χ0n) is 13.0. The van der Waals surface area contributed by atoms with E-state index in [1.54, 1.807) is 0 Å². The standard InChI is InChI=1S/C16H25NO3/c1-12(2)13-8-6-7-9-14(13)19-11-10-17-15(18)20-16(3,4)5/h6-9,12H,10-11H2,1-5H3,(H,17,18). The van der Waals surface area contributed by atoms with Crippen molar-refractivity contribution in [3.05, 3.63) is 29.8 Å². The van der Waals surface area contributed by atoms with Gasteiger partial charge in [-0.3, -0.25) is 0 Å². The zero-order chi connectivity index (χ0) is 15.2. The summed E-state index contributed by atoms with van der Waals surface area (Å²) in [6.45, 7) is 10.6. The van der Waals surface area contributed by atoms with Crippen LogP contribution in [-0.2, 0) is 4.74 Å². The first-order valence-electron chi connectivity index (χ1n) is 6.98. The minimum atomic E-state index is -0.477. The Hall–Kier alpha value is -1.71. The van der Waals surface area contributed by atoms with E-state index < -0.39 is 11.7 Å². The zero-order valence-corrected chi connectivity index (χ0v) is 13.0. The van der Waals surface area contributed by atoms with Crippen LogP contribution in [0.4, 0.5) is 4.79 Å². The molecule has 0 fully saturated rings. The second-order valence-corrected chi connectivity index (χ2v) is 5.97. The topological polar surface area (TPSA) is 47.6 Å². The number of hydrogen-bond donors (Lipinski definition) is 1. The molecular weight excluding hydrogens is 254 g/mol. The quantitative estimate of drug-likeness (QED) is 0.836. The summed E-state index contributed by atoms with van der Waals surface area (Å²) in [7, 11) is 0. The van der Waals surface area contributed by atoms with Crippen molar-refractivity contribution in [3.8, 4) is 5.75 Å². The summed E-state index contributed by atoms with van der Waals surface area (Å²) < 4.78 is 10.9. The maximum Gasteiger partial charge on any atom is 0.407 e. The van der Waals surface area contributed by atoms with Crippen molar-refractivity contribution < 1.29 is 14.3 Å². The Morgan fingerprint density at radius 2 is 1.90 bits per heavy atom. The molecule has 0 aromatic heterocycles. The molecule has 4 heteroatoms. The van der Waals surface area contributed by atoms with Gasteiger partial charge in [-0.1, -0.05) is 32.0 Å². The summed E-state index contributed by atoms with van der Waals surface area (Å²) in [5.74, 6) is 1.28. The summed E-state index contributed by atoms with van der Waals surface area (Å²) >= 11 is 0. The van der Waals surface area contributed by atoms with Crippen LogP contribution in [0.15, 0.2) is 24.3 Å². The molecule has 0 atom stereocenters. The minimum absolute atomic E-state index is 0.407. The molecule has 0 heterocycles. The first kappa shape index (κ1) is 16.3. The Kier molecular flexibility index (Phi) is 5.86. The van der Waals surface area contributed by atoms with Crippen molar-refractivity contribution in [1.29, 1.82) is 0 Å². The number of amides is 1. The van der Waals surface area contributed by atoms with Crippen LogP contribution in [0.3, 0.4) is 0 Å². The molecule has 0 bridgehead atoms. The summed E-state index contributed by atoms with van der Waals surface area (Å²) in [6, 6.07) is 7.95. The van der Waals surface area contributed by atoms with E-state index in [0.29, 0.717) is 19.1 Å². The van der Waals surface area contributed by atoms with Crippen molar-refractivity contribution >= 4 is 6.09 Å². The fourth-order valence-electron chi connectivity index (χ4n) is 1.72. The molecule has 1 amide bonds. The van der Waals surface area contributed by atoms with E-state index in [4.69, 9.17) is 9.47 Å². The lowest BCUT2D eigenvalue weighted by molar-refractivity contribution is 0.0520. The summed E-state index contributed by atoms with van der Waals surface area (Å²) in [5.41, 5.74) is 0.694. The van der Waals surface area contributed by atoms with E-state index >= 15 is 0 Å². The minimum Gasteiger partial charge on any atom is -0.491 e. The van der Waals surface area contributed by atoms with Crippen molar-refractivity contribution in [2.24, 2.45) is 0 Å². The third-order valence-corrected chi connectivity index (χ3v) is 2.57. The second-order valence-electron chi connectivity index (χ2n) is 5.97. The maximum absolute atomic E-state index is 11.5. The number of benzene rings is 1. The molecule has 1 aromatic rings. The SMILES string of the molecule is CC(C)c1ccccc1OCCNC(=O)OC(C)(C)C. The van der Waals surface area contributed by atoms with Crippen molar-refractivity contribution in [1.82, 2.24) is 5.32 Å². The van der Waals surface area contributed by atoms with Gasteiger partial charge in [0.15, 0.2) is 0 Å². The van der Waals surface area contributed by atoms with Gasteiger partial charge in [0.1, 0.15) is 18.0 Å². The van der Waals surface area contributed by atoms with Gasteiger partial charge in [0.25, 0.3) is 0 Å². The van der Waals surface area contributed by atoms with Gasteiger partial charge >= 0.3 is 6.09 Å². The molecule has 0 radical (unpaired) electrons. The number of alkyl carbamates (subject to hydrolysis) is 1. The largest absolute Gasteiger partial charge is 0.491 e. The molecule has 0 aliphatic rings. The normalized spacial score (nSPS) is 11.3. The van der Waals surface area contributed by atoms with E-state index in [9.17, 15) is 4.79 Å². The lowest BCUT2D eigenvalue weighted by atomic mass is 10.0. The van der Waals surface area contributed by atoms with Crippen molar-refractivity contribution in [3.63, 3.8) is 0 Å². The molecule has 4 nitrogen and oxygen atoms in total. The first-order valence-corrected chi connectivity index (χ1v) is 6.98. The third-order valence-electron chi connectivity index (χ3n) is 2.57. The molecule has 0 aliphatic carbocycles. The number of rotatable bonds is 5. The molecule has 0 unspecified atom stereocenters. The predicted octanol–water partition coefficient (Wildman–Crippen LogP) is 3.71. The molecule has 1 aromatic carbocycles. The van der Waals surface area contributed by atoms with E-state index in [-0.39, 0.29) is 0 Å². The molecule has 1 rings (SSSR count). The molecule has 0 aliphatic heterocycles. The van der Waals surface area contributed by atoms with Crippen LogP contribution in [0.1, 0.15) is 46.1 Å². The molecule has 1 N–H and O–H groups in total. The van der Waals surface area contributed by atoms with E-state index in [0.717, 1.165) is 5.75 Å². The summed E-state index contributed by atoms with van der Waals surface area (Å²) in [4.78, 5) is 11.5. The highest BCUT2D eigenvalue weighted by Crippen LogP contribution is 2.25. The highest BCUT2D eigenvalue weighted by atomic mass is 16.6. The number of hydrogen-bond acceptors (Lipinski definition) is 3. The summed E-state index contributed by atoms with van der Waals surface area (Å²) in [5, 5.41) is 2.67. The Labute approximate surface area is 121 Å². The van der Waals surface area contributed by atoms with Gasteiger partial charge in [-0.2, -0.15) is 0 Å². The van der Waals surface area contributed by atoms with E-state index in [2.05, 4.69) is 25.2 Å². The third kappa shape index (κ3) is 5.95. The molecule has 0 saturated heterocycles. The average molecular weight is 279 g/mol. The maximum atomic E-state index is 11.5. The average Bonchev–Trinajstić information content (AvgIpc) is 2.33. The van der Waals surface area contributed by atoms with Gasteiger partial charge in [-0.15, -0.1) is 0 Å². The van der Waals surface area contributed by atoms with Gasteiger partial charge in [-0.25, -0.2) is 4.79 Å². The number of carbonyl (C=O) groups is 1. The van der Waals surface area contributed by atoms with Gasteiger partial charge < -0.3 is 14.8 Å². The Balaban J connectivity index is 2.37. The number of carbonyl (C=O) groups excluding carboxylic acids is 1. The van der Waals surface area contributed by atoms with Gasteiger partial charge in [-0.05, 0) is 38.3 Å². The van der Waals surface area contributed by atoms with E-state index in [1.807, 2.05) is 39.0 Å². The van der Waals surface area contributed by atoms with Gasteiger partial charge in [0.05, 0.1) is 6.54 Å².